The first kappa shape index (κ1) is 9.45. The third-order valence-corrected chi connectivity index (χ3v) is 3.35. The van der Waals surface area contributed by atoms with Crippen molar-refractivity contribution >= 4 is 14.8 Å². The minimum atomic E-state index is -4.20. The van der Waals surface area contributed by atoms with Gasteiger partial charge in [0.2, 0.25) is 0 Å². The van der Waals surface area contributed by atoms with Gasteiger partial charge in [-0.15, -0.1) is 0 Å². The van der Waals surface area contributed by atoms with Crippen molar-refractivity contribution in [1.82, 2.24) is 10.2 Å². The smallest absolute Gasteiger partial charge is 0.389 e. The molecular formula is C5H12N2O4Si. The fraction of sp³-hybridized carbons (Fsp3) is 0.800. The van der Waals surface area contributed by atoms with Gasteiger partial charge < -0.3 is 24.6 Å². The molecule has 0 bridgehead atoms. The van der Waals surface area contributed by atoms with Crippen LogP contribution >= 0.6 is 0 Å². The number of carbonyl (C=O) groups excluding carboxylic acids is 1. The Labute approximate surface area is 70.8 Å². The Bertz CT molecular complexity index is 192. The number of hydrogen-bond donors (Lipinski definition) is 4. The first-order valence-corrected chi connectivity index (χ1v) is 5.56. The van der Waals surface area contributed by atoms with E-state index in [2.05, 4.69) is 5.32 Å². The molecule has 1 heterocycles. The summed E-state index contributed by atoms with van der Waals surface area (Å²) in [6, 6.07) is -0.364. The summed E-state index contributed by atoms with van der Waals surface area (Å²) in [5.74, 6) is 0. The second-order valence-corrected chi connectivity index (χ2v) is 5.00. The zero-order valence-electron chi connectivity index (χ0n) is 6.69. The van der Waals surface area contributed by atoms with Gasteiger partial charge in [-0.1, -0.05) is 0 Å². The Morgan fingerprint density at radius 2 is 2.17 bits per heavy atom. The molecule has 1 aliphatic heterocycles. The van der Waals surface area contributed by atoms with Gasteiger partial charge in [-0.05, 0) is 6.92 Å². The molecule has 1 unspecified atom stereocenters. The summed E-state index contributed by atoms with van der Waals surface area (Å²) in [4.78, 5) is 38.9. The van der Waals surface area contributed by atoms with Crippen molar-refractivity contribution in [1.29, 1.82) is 0 Å². The maximum Gasteiger partial charge on any atom is 0.516 e. The predicted octanol–water partition coefficient (Wildman–Crippen LogP) is -2.14. The number of nitrogens with one attached hydrogen (secondary N) is 1. The minimum Gasteiger partial charge on any atom is -0.389 e. The quantitative estimate of drug-likeness (QED) is 0.375. The van der Waals surface area contributed by atoms with E-state index in [4.69, 9.17) is 14.4 Å². The second kappa shape index (κ2) is 3.02. The van der Waals surface area contributed by atoms with Crippen molar-refractivity contribution in [2.24, 2.45) is 0 Å². The van der Waals surface area contributed by atoms with Crippen LogP contribution in [0, 0.1) is 0 Å². The van der Waals surface area contributed by atoms with Crippen molar-refractivity contribution < 1.29 is 19.2 Å². The molecule has 0 aliphatic carbocycles. The first-order chi connectivity index (χ1) is 5.43. The van der Waals surface area contributed by atoms with Gasteiger partial charge in [-0.25, -0.2) is 4.79 Å². The van der Waals surface area contributed by atoms with E-state index in [9.17, 15) is 4.79 Å². The molecule has 70 valence electrons. The molecule has 1 fully saturated rings. The monoisotopic (exact) mass is 192 g/mol. The lowest BCUT2D eigenvalue weighted by Crippen LogP contribution is -2.57. The van der Waals surface area contributed by atoms with E-state index in [1.54, 1.807) is 0 Å². The highest BCUT2D eigenvalue weighted by molar-refractivity contribution is 6.58. The lowest BCUT2D eigenvalue weighted by atomic mass is 10.6. The van der Waals surface area contributed by atoms with Crippen molar-refractivity contribution in [2.45, 2.75) is 12.6 Å². The Kier molecular flexibility index (Phi) is 2.38. The Morgan fingerprint density at radius 1 is 1.58 bits per heavy atom. The standard InChI is InChI=1S/C5H12N2O4Si/c1-4(12(9,10)11)7-3-2-6-5(7)8/h4,9-11H,2-3H2,1H3,(H,6,8). The van der Waals surface area contributed by atoms with Gasteiger partial charge >= 0.3 is 14.8 Å². The van der Waals surface area contributed by atoms with Crippen LogP contribution in [0.25, 0.3) is 0 Å². The van der Waals surface area contributed by atoms with Crippen molar-refractivity contribution in [2.75, 3.05) is 13.1 Å². The van der Waals surface area contributed by atoms with Gasteiger partial charge in [0.05, 0.1) is 0 Å². The lowest BCUT2D eigenvalue weighted by Gasteiger charge is -2.26. The predicted molar refractivity (Wildman–Crippen MR) is 42.0 cm³/mol. The van der Waals surface area contributed by atoms with Crippen LogP contribution in [0.1, 0.15) is 6.92 Å². The van der Waals surface area contributed by atoms with Gasteiger partial charge in [-0.2, -0.15) is 0 Å². The van der Waals surface area contributed by atoms with Crippen molar-refractivity contribution in [3.63, 3.8) is 0 Å². The zero-order valence-corrected chi connectivity index (χ0v) is 7.69. The average Bonchev–Trinajstić information content (AvgIpc) is 2.31. The van der Waals surface area contributed by atoms with Crippen LogP contribution in [0.3, 0.4) is 0 Å². The van der Waals surface area contributed by atoms with Gasteiger partial charge in [0.15, 0.2) is 0 Å². The van der Waals surface area contributed by atoms with E-state index < -0.39 is 14.5 Å². The van der Waals surface area contributed by atoms with Crippen LogP contribution in [0.15, 0.2) is 0 Å². The van der Waals surface area contributed by atoms with Crippen LogP contribution < -0.4 is 5.32 Å². The van der Waals surface area contributed by atoms with E-state index >= 15 is 0 Å². The molecule has 4 N–H and O–H groups in total. The summed E-state index contributed by atoms with van der Waals surface area (Å²) in [5, 5.41) is 2.50. The summed E-state index contributed by atoms with van der Waals surface area (Å²) in [6.45, 7) is 2.29. The highest BCUT2D eigenvalue weighted by atomic mass is 28.4. The normalized spacial score (nSPS) is 21.0. The van der Waals surface area contributed by atoms with Gasteiger partial charge in [0, 0.05) is 13.1 Å². The summed E-state index contributed by atoms with van der Waals surface area (Å²) < 4.78 is 0. The zero-order chi connectivity index (χ0) is 9.35. The molecule has 0 radical (unpaired) electrons. The molecular weight excluding hydrogens is 180 g/mol. The molecule has 12 heavy (non-hydrogen) atoms. The van der Waals surface area contributed by atoms with E-state index in [0.717, 1.165) is 0 Å². The highest BCUT2D eigenvalue weighted by Crippen LogP contribution is 2.09. The molecule has 1 rings (SSSR count). The fourth-order valence-corrected chi connectivity index (χ4v) is 1.73. The SMILES string of the molecule is CC(N1CCNC1=O)[Si](O)(O)O. The first-order valence-electron chi connectivity index (χ1n) is 3.64. The van der Waals surface area contributed by atoms with Gasteiger partial charge in [-0.3, -0.25) is 0 Å². The maximum absolute atomic E-state index is 11.0. The molecule has 0 aromatic carbocycles. The van der Waals surface area contributed by atoms with Crippen LogP contribution in [0.5, 0.6) is 0 Å². The molecule has 0 spiro atoms. The third kappa shape index (κ3) is 1.75. The van der Waals surface area contributed by atoms with E-state index in [1.807, 2.05) is 0 Å². The third-order valence-electron chi connectivity index (χ3n) is 1.92. The number of hydrogen-bond acceptors (Lipinski definition) is 4. The summed E-state index contributed by atoms with van der Waals surface area (Å²) in [7, 11) is -4.20. The highest BCUT2D eigenvalue weighted by Gasteiger charge is 2.43. The Hall–Kier alpha value is -0.633. The molecule has 1 saturated heterocycles. The molecule has 6 nitrogen and oxygen atoms in total. The summed E-state index contributed by atoms with van der Waals surface area (Å²) in [5.41, 5.74) is -0.889. The molecule has 0 aromatic rings. The van der Waals surface area contributed by atoms with E-state index in [0.29, 0.717) is 13.1 Å². The summed E-state index contributed by atoms with van der Waals surface area (Å²) >= 11 is 0. The average molecular weight is 192 g/mol. The van der Waals surface area contributed by atoms with Crippen molar-refractivity contribution in [3.8, 4) is 0 Å². The largest absolute Gasteiger partial charge is 0.516 e. The summed E-state index contributed by atoms with van der Waals surface area (Å²) in [6.07, 6.45) is 0. The van der Waals surface area contributed by atoms with E-state index in [1.165, 1.54) is 11.8 Å². The Morgan fingerprint density at radius 3 is 2.50 bits per heavy atom. The lowest BCUT2D eigenvalue weighted by molar-refractivity contribution is 0.160. The van der Waals surface area contributed by atoms with E-state index in [-0.39, 0.29) is 6.03 Å². The maximum atomic E-state index is 11.0. The van der Waals surface area contributed by atoms with Crippen LogP contribution in [-0.2, 0) is 0 Å². The fourth-order valence-electron chi connectivity index (χ4n) is 1.06. The topological polar surface area (TPSA) is 93.0 Å². The number of carbonyl (C=O) groups is 1. The minimum absolute atomic E-state index is 0.364. The number of urea groups is 1. The number of nitrogens with zero attached hydrogens (tertiary/aromatic N) is 1. The number of rotatable bonds is 2. The van der Waals surface area contributed by atoms with Gasteiger partial charge in [0.25, 0.3) is 0 Å². The van der Waals surface area contributed by atoms with Crippen molar-refractivity contribution in [3.05, 3.63) is 0 Å². The molecule has 7 heteroatoms. The molecule has 2 amide bonds. The molecule has 1 atom stereocenters. The molecule has 1 aliphatic rings. The van der Waals surface area contributed by atoms with Crippen LogP contribution in [0.4, 0.5) is 4.79 Å². The van der Waals surface area contributed by atoms with Gasteiger partial charge in [0.1, 0.15) is 5.67 Å². The Balaban J connectivity index is 2.63. The molecule has 0 saturated carbocycles. The number of amides is 2. The van der Waals surface area contributed by atoms with Crippen LogP contribution in [0.2, 0.25) is 0 Å². The second-order valence-electron chi connectivity index (χ2n) is 2.79. The molecule has 0 aromatic heterocycles. The van der Waals surface area contributed by atoms with Crippen LogP contribution in [-0.4, -0.2) is 52.9 Å².